The fraction of sp³-hybridized carbons (Fsp3) is 0.308. The molecule has 1 unspecified atom stereocenters. The number of aryl methyl sites for hydroxylation is 1. The Balaban J connectivity index is 2.41. The standard InChI is InChI=1S/C13H17N3/c1-9-5-3-4-6-11(9)12-8-15-16-13(12)7-10(2)14/h3-6,8,10H,7,14H2,1-2H3,(H,15,16). The van der Waals surface area contributed by atoms with E-state index in [-0.39, 0.29) is 6.04 Å². The first kappa shape index (κ1) is 10.9. The summed E-state index contributed by atoms with van der Waals surface area (Å²) in [6, 6.07) is 8.46. The lowest BCUT2D eigenvalue weighted by Gasteiger charge is -2.08. The van der Waals surface area contributed by atoms with E-state index in [9.17, 15) is 0 Å². The molecule has 16 heavy (non-hydrogen) atoms. The summed E-state index contributed by atoms with van der Waals surface area (Å²) in [7, 11) is 0. The highest BCUT2D eigenvalue weighted by molar-refractivity contribution is 5.68. The number of aromatic nitrogens is 2. The molecule has 1 atom stereocenters. The fourth-order valence-corrected chi connectivity index (χ4v) is 1.90. The van der Waals surface area contributed by atoms with Crippen LogP contribution in [-0.2, 0) is 6.42 Å². The van der Waals surface area contributed by atoms with E-state index in [1.807, 2.05) is 25.3 Å². The van der Waals surface area contributed by atoms with Gasteiger partial charge in [0.2, 0.25) is 0 Å². The number of hydrogen-bond donors (Lipinski definition) is 2. The van der Waals surface area contributed by atoms with Gasteiger partial charge in [0.05, 0.1) is 6.20 Å². The van der Waals surface area contributed by atoms with Crippen molar-refractivity contribution in [3.63, 3.8) is 0 Å². The maximum Gasteiger partial charge on any atom is 0.0568 e. The van der Waals surface area contributed by atoms with Crippen LogP contribution in [0, 0.1) is 6.92 Å². The molecule has 0 radical (unpaired) electrons. The molecule has 3 heteroatoms. The molecule has 1 aromatic carbocycles. The van der Waals surface area contributed by atoms with E-state index >= 15 is 0 Å². The summed E-state index contributed by atoms with van der Waals surface area (Å²) < 4.78 is 0. The van der Waals surface area contributed by atoms with Crippen LogP contribution < -0.4 is 5.73 Å². The van der Waals surface area contributed by atoms with E-state index in [4.69, 9.17) is 5.73 Å². The van der Waals surface area contributed by atoms with Crippen LogP contribution in [0.15, 0.2) is 30.5 Å². The zero-order valence-corrected chi connectivity index (χ0v) is 9.70. The van der Waals surface area contributed by atoms with Gasteiger partial charge in [-0.15, -0.1) is 0 Å². The van der Waals surface area contributed by atoms with Crippen molar-refractivity contribution in [2.75, 3.05) is 0 Å². The molecule has 1 aromatic heterocycles. The van der Waals surface area contributed by atoms with Crippen molar-refractivity contribution >= 4 is 0 Å². The minimum absolute atomic E-state index is 0.142. The van der Waals surface area contributed by atoms with E-state index in [1.165, 1.54) is 11.1 Å². The van der Waals surface area contributed by atoms with Crippen LogP contribution in [0.2, 0.25) is 0 Å². The van der Waals surface area contributed by atoms with Crippen molar-refractivity contribution in [3.8, 4) is 11.1 Å². The van der Waals surface area contributed by atoms with Crippen molar-refractivity contribution < 1.29 is 0 Å². The molecule has 0 aliphatic carbocycles. The molecule has 0 aliphatic rings. The molecule has 0 fully saturated rings. The van der Waals surface area contributed by atoms with Gasteiger partial charge in [0.1, 0.15) is 0 Å². The van der Waals surface area contributed by atoms with Gasteiger partial charge in [0, 0.05) is 23.7 Å². The van der Waals surface area contributed by atoms with Crippen LogP contribution in [-0.4, -0.2) is 16.2 Å². The first-order chi connectivity index (χ1) is 7.68. The number of nitrogens with one attached hydrogen (secondary N) is 1. The molecule has 1 heterocycles. The summed E-state index contributed by atoms with van der Waals surface area (Å²) in [5, 5.41) is 7.14. The SMILES string of the molecule is Cc1ccccc1-c1cn[nH]c1CC(C)N. The zero-order valence-electron chi connectivity index (χ0n) is 9.70. The molecule has 0 spiro atoms. The van der Waals surface area contributed by atoms with Crippen molar-refractivity contribution in [1.29, 1.82) is 0 Å². The van der Waals surface area contributed by atoms with Crippen molar-refractivity contribution in [2.24, 2.45) is 5.73 Å². The lowest BCUT2D eigenvalue weighted by molar-refractivity contribution is 0.720. The molecular formula is C13H17N3. The zero-order chi connectivity index (χ0) is 11.5. The predicted octanol–water partition coefficient (Wildman–Crippen LogP) is 2.27. The van der Waals surface area contributed by atoms with E-state index in [0.29, 0.717) is 0 Å². The van der Waals surface area contributed by atoms with Crippen molar-refractivity contribution in [2.45, 2.75) is 26.3 Å². The van der Waals surface area contributed by atoms with Crippen LogP contribution in [0.5, 0.6) is 0 Å². The lowest BCUT2D eigenvalue weighted by atomic mass is 9.99. The Morgan fingerprint density at radius 2 is 2.06 bits per heavy atom. The van der Waals surface area contributed by atoms with E-state index < -0.39 is 0 Å². The number of nitrogens with zero attached hydrogens (tertiary/aromatic N) is 1. The van der Waals surface area contributed by atoms with Gasteiger partial charge in [-0.2, -0.15) is 5.10 Å². The molecule has 84 valence electrons. The van der Waals surface area contributed by atoms with Gasteiger partial charge < -0.3 is 5.73 Å². The molecule has 3 N–H and O–H groups in total. The summed E-state index contributed by atoms with van der Waals surface area (Å²) >= 11 is 0. The number of H-pyrrole nitrogens is 1. The summed E-state index contributed by atoms with van der Waals surface area (Å²) in [6.07, 6.45) is 2.70. The van der Waals surface area contributed by atoms with Crippen molar-refractivity contribution in [1.82, 2.24) is 10.2 Å². The Labute approximate surface area is 95.7 Å². The fourth-order valence-electron chi connectivity index (χ4n) is 1.90. The molecule has 0 saturated heterocycles. The molecule has 0 saturated carbocycles. The van der Waals surface area contributed by atoms with Gasteiger partial charge in [-0.1, -0.05) is 24.3 Å². The number of benzene rings is 1. The second-order valence-corrected chi connectivity index (χ2v) is 4.26. The van der Waals surface area contributed by atoms with Gasteiger partial charge in [-0.05, 0) is 25.0 Å². The highest BCUT2D eigenvalue weighted by Crippen LogP contribution is 2.25. The summed E-state index contributed by atoms with van der Waals surface area (Å²) in [4.78, 5) is 0. The number of hydrogen-bond acceptors (Lipinski definition) is 2. The average Bonchev–Trinajstić information content (AvgIpc) is 2.66. The lowest BCUT2D eigenvalue weighted by Crippen LogP contribution is -2.18. The summed E-state index contributed by atoms with van der Waals surface area (Å²) in [5.74, 6) is 0. The second kappa shape index (κ2) is 4.49. The maximum absolute atomic E-state index is 5.82. The third kappa shape index (κ3) is 2.14. The predicted molar refractivity (Wildman–Crippen MR) is 66.1 cm³/mol. The second-order valence-electron chi connectivity index (χ2n) is 4.26. The molecule has 2 aromatic rings. The van der Waals surface area contributed by atoms with Crippen LogP contribution in [0.1, 0.15) is 18.2 Å². The Morgan fingerprint density at radius 1 is 1.31 bits per heavy atom. The minimum Gasteiger partial charge on any atom is -0.328 e. The highest BCUT2D eigenvalue weighted by atomic mass is 15.1. The first-order valence-electron chi connectivity index (χ1n) is 5.52. The average molecular weight is 215 g/mol. The van der Waals surface area contributed by atoms with Crippen LogP contribution in [0.3, 0.4) is 0 Å². The largest absolute Gasteiger partial charge is 0.328 e. The number of rotatable bonds is 3. The van der Waals surface area contributed by atoms with Gasteiger partial charge in [0.25, 0.3) is 0 Å². The monoisotopic (exact) mass is 215 g/mol. The smallest absolute Gasteiger partial charge is 0.0568 e. The summed E-state index contributed by atoms with van der Waals surface area (Å²) in [5.41, 5.74) is 10.6. The van der Waals surface area contributed by atoms with E-state index in [0.717, 1.165) is 17.7 Å². The third-order valence-electron chi connectivity index (χ3n) is 2.68. The topological polar surface area (TPSA) is 54.7 Å². The Morgan fingerprint density at radius 3 is 2.75 bits per heavy atom. The van der Waals surface area contributed by atoms with Crippen molar-refractivity contribution in [3.05, 3.63) is 41.7 Å². The Kier molecular flexibility index (Phi) is 3.06. The molecule has 3 nitrogen and oxygen atoms in total. The molecular weight excluding hydrogens is 198 g/mol. The van der Waals surface area contributed by atoms with E-state index in [1.54, 1.807) is 0 Å². The van der Waals surface area contributed by atoms with Gasteiger partial charge >= 0.3 is 0 Å². The normalized spacial score (nSPS) is 12.7. The maximum atomic E-state index is 5.82. The van der Waals surface area contributed by atoms with Crippen LogP contribution in [0.4, 0.5) is 0 Å². The molecule has 0 bridgehead atoms. The summed E-state index contributed by atoms with van der Waals surface area (Å²) in [6.45, 7) is 4.11. The van der Waals surface area contributed by atoms with Gasteiger partial charge in [-0.25, -0.2) is 0 Å². The minimum atomic E-state index is 0.142. The highest BCUT2D eigenvalue weighted by Gasteiger charge is 2.10. The quantitative estimate of drug-likeness (QED) is 0.825. The van der Waals surface area contributed by atoms with Crippen LogP contribution >= 0.6 is 0 Å². The molecule has 2 rings (SSSR count). The van der Waals surface area contributed by atoms with Gasteiger partial charge in [0.15, 0.2) is 0 Å². The molecule has 0 aliphatic heterocycles. The third-order valence-corrected chi connectivity index (χ3v) is 2.68. The van der Waals surface area contributed by atoms with Gasteiger partial charge in [-0.3, -0.25) is 5.10 Å². The number of aromatic amines is 1. The van der Waals surface area contributed by atoms with E-state index in [2.05, 4.69) is 29.3 Å². The first-order valence-corrected chi connectivity index (χ1v) is 5.52. The van der Waals surface area contributed by atoms with Crippen LogP contribution in [0.25, 0.3) is 11.1 Å². The number of nitrogens with two attached hydrogens (primary N) is 1. The Hall–Kier alpha value is -1.61. The molecule has 0 amide bonds. The Bertz CT molecular complexity index is 472.